The minimum absolute atomic E-state index is 0.0145. The SMILES string of the molecule is O=[N+]([O-])c1ccccc1-c1ccc(C(=S)N2CCOCC2)o1. The molecule has 1 aliphatic heterocycles. The average Bonchev–Trinajstić information content (AvgIpc) is 3.04. The molecule has 114 valence electrons. The van der Waals surface area contributed by atoms with Gasteiger partial charge in [-0.25, -0.2) is 0 Å². The molecule has 1 fully saturated rings. The van der Waals surface area contributed by atoms with Gasteiger partial charge in [0.25, 0.3) is 5.69 Å². The van der Waals surface area contributed by atoms with Gasteiger partial charge in [0.1, 0.15) is 10.7 Å². The summed E-state index contributed by atoms with van der Waals surface area (Å²) in [4.78, 5) is 13.3. The van der Waals surface area contributed by atoms with Gasteiger partial charge in [0.05, 0.1) is 23.7 Å². The number of benzene rings is 1. The predicted octanol–water partition coefficient (Wildman–Crippen LogP) is 2.86. The molecule has 22 heavy (non-hydrogen) atoms. The number of morpholine rings is 1. The van der Waals surface area contributed by atoms with E-state index in [0.717, 1.165) is 13.1 Å². The van der Waals surface area contributed by atoms with Crippen LogP contribution in [0.4, 0.5) is 5.69 Å². The summed E-state index contributed by atoms with van der Waals surface area (Å²) in [6.07, 6.45) is 0. The summed E-state index contributed by atoms with van der Waals surface area (Å²) in [7, 11) is 0. The van der Waals surface area contributed by atoms with Crippen LogP contribution in [0.5, 0.6) is 0 Å². The van der Waals surface area contributed by atoms with E-state index < -0.39 is 4.92 Å². The molecule has 1 saturated heterocycles. The van der Waals surface area contributed by atoms with Gasteiger partial charge in [0, 0.05) is 19.2 Å². The molecule has 0 spiro atoms. The minimum Gasteiger partial charge on any atom is -0.453 e. The lowest BCUT2D eigenvalue weighted by molar-refractivity contribution is -0.384. The van der Waals surface area contributed by atoms with Crippen molar-refractivity contribution in [3.63, 3.8) is 0 Å². The first-order valence-electron chi connectivity index (χ1n) is 6.87. The third-order valence-electron chi connectivity index (χ3n) is 3.48. The normalized spacial score (nSPS) is 14.8. The molecule has 0 unspecified atom stereocenters. The Bertz CT molecular complexity index is 707. The zero-order valence-corrected chi connectivity index (χ0v) is 12.5. The van der Waals surface area contributed by atoms with E-state index in [-0.39, 0.29) is 5.69 Å². The molecule has 6 nitrogen and oxygen atoms in total. The van der Waals surface area contributed by atoms with Crippen LogP contribution < -0.4 is 0 Å². The molecule has 2 heterocycles. The lowest BCUT2D eigenvalue weighted by Gasteiger charge is -2.28. The first-order chi connectivity index (χ1) is 10.7. The highest BCUT2D eigenvalue weighted by atomic mass is 32.1. The van der Waals surface area contributed by atoms with Crippen LogP contribution in [0.15, 0.2) is 40.8 Å². The van der Waals surface area contributed by atoms with Gasteiger partial charge in [-0.15, -0.1) is 0 Å². The molecule has 0 aliphatic carbocycles. The highest BCUT2D eigenvalue weighted by Crippen LogP contribution is 2.31. The zero-order chi connectivity index (χ0) is 15.5. The smallest absolute Gasteiger partial charge is 0.280 e. The molecule has 0 bridgehead atoms. The summed E-state index contributed by atoms with van der Waals surface area (Å²) in [6.45, 7) is 2.72. The second-order valence-corrected chi connectivity index (χ2v) is 5.23. The second-order valence-electron chi connectivity index (χ2n) is 4.84. The zero-order valence-electron chi connectivity index (χ0n) is 11.7. The van der Waals surface area contributed by atoms with E-state index >= 15 is 0 Å². The van der Waals surface area contributed by atoms with Gasteiger partial charge in [-0.1, -0.05) is 24.4 Å². The molecule has 0 N–H and O–H groups in total. The maximum Gasteiger partial charge on any atom is 0.280 e. The van der Waals surface area contributed by atoms with Crippen molar-refractivity contribution in [2.45, 2.75) is 0 Å². The van der Waals surface area contributed by atoms with Crippen molar-refractivity contribution in [2.24, 2.45) is 0 Å². The molecule has 1 aromatic carbocycles. The van der Waals surface area contributed by atoms with Crippen molar-refractivity contribution >= 4 is 22.9 Å². The summed E-state index contributed by atoms with van der Waals surface area (Å²) in [5.74, 6) is 0.989. The van der Waals surface area contributed by atoms with Crippen molar-refractivity contribution in [3.8, 4) is 11.3 Å². The quantitative estimate of drug-likeness (QED) is 0.492. The van der Waals surface area contributed by atoms with Crippen LogP contribution in [0.1, 0.15) is 5.76 Å². The van der Waals surface area contributed by atoms with Gasteiger partial charge >= 0.3 is 0 Å². The van der Waals surface area contributed by atoms with Crippen LogP contribution in [0.2, 0.25) is 0 Å². The molecule has 0 atom stereocenters. The summed E-state index contributed by atoms with van der Waals surface area (Å²) < 4.78 is 11.0. The summed E-state index contributed by atoms with van der Waals surface area (Å²) in [6, 6.07) is 9.96. The van der Waals surface area contributed by atoms with Crippen LogP contribution in [-0.4, -0.2) is 41.1 Å². The van der Waals surface area contributed by atoms with E-state index in [4.69, 9.17) is 21.4 Å². The van der Waals surface area contributed by atoms with E-state index in [1.54, 1.807) is 30.3 Å². The molecular formula is C15H14N2O4S. The lowest BCUT2D eigenvalue weighted by Crippen LogP contribution is -2.40. The number of thiocarbonyl (C=S) groups is 1. The fourth-order valence-electron chi connectivity index (χ4n) is 2.36. The largest absolute Gasteiger partial charge is 0.453 e. The molecule has 0 radical (unpaired) electrons. The Kier molecular flexibility index (Phi) is 4.17. The van der Waals surface area contributed by atoms with Gasteiger partial charge in [0.2, 0.25) is 0 Å². The number of rotatable bonds is 3. The average molecular weight is 318 g/mol. The van der Waals surface area contributed by atoms with E-state index in [1.807, 2.05) is 4.90 Å². The number of ether oxygens (including phenoxy) is 1. The van der Waals surface area contributed by atoms with Gasteiger partial charge in [0.15, 0.2) is 5.76 Å². The fraction of sp³-hybridized carbons (Fsp3) is 0.267. The number of hydrogen-bond donors (Lipinski definition) is 0. The van der Waals surface area contributed by atoms with Crippen molar-refractivity contribution in [1.29, 1.82) is 0 Å². The fourth-order valence-corrected chi connectivity index (χ4v) is 2.65. The maximum absolute atomic E-state index is 11.1. The van der Waals surface area contributed by atoms with Crippen LogP contribution in [-0.2, 0) is 4.74 Å². The Balaban J connectivity index is 1.88. The van der Waals surface area contributed by atoms with Gasteiger partial charge in [-0.05, 0) is 18.2 Å². The molecular weight excluding hydrogens is 304 g/mol. The third kappa shape index (κ3) is 2.86. The number of nitro groups is 1. The van der Waals surface area contributed by atoms with Crippen molar-refractivity contribution in [1.82, 2.24) is 4.90 Å². The van der Waals surface area contributed by atoms with E-state index in [0.29, 0.717) is 35.3 Å². The second kappa shape index (κ2) is 6.25. The number of nitrogens with zero attached hydrogens (tertiary/aromatic N) is 2. The molecule has 0 saturated carbocycles. The Labute approximate surface area is 132 Å². The Morgan fingerprint density at radius 3 is 2.64 bits per heavy atom. The highest BCUT2D eigenvalue weighted by molar-refractivity contribution is 7.80. The summed E-state index contributed by atoms with van der Waals surface area (Å²) in [5, 5.41) is 11.1. The van der Waals surface area contributed by atoms with Crippen LogP contribution >= 0.6 is 12.2 Å². The van der Waals surface area contributed by atoms with E-state index in [9.17, 15) is 10.1 Å². The monoisotopic (exact) mass is 318 g/mol. The van der Waals surface area contributed by atoms with E-state index in [1.165, 1.54) is 6.07 Å². The number of furan rings is 1. The standard InChI is InChI=1S/C15H14N2O4S/c18-17(19)12-4-2-1-3-11(12)13-5-6-14(21-13)15(22)16-7-9-20-10-8-16/h1-6H,7-10H2. The molecule has 2 aromatic rings. The summed E-state index contributed by atoms with van der Waals surface area (Å²) >= 11 is 5.43. The first kappa shape index (κ1) is 14.7. The molecule has 7 heteroatoms. The minimum atomic E-state index is -0.419. The molecule has 0 amide bonds. The summed E-state index contributed by atoms with van der Waals surface area (Å²) in [5.41, 5.74) is 0.462. The molecule has 3 rings (SSSR count). The highest BCUT2D eigenvalue weighted by Gasteiger charge is 2.21. The van der Waals surface area contributed by atoms with Crippen LogP contribution in [0, 0.1) is 10.1 Å². The molecule has 1 aromatic heterocycles. The van der Waals surface area contributed by atoms with Crippen molar-refractivity contribution in [3.05, 3.63) is 52.3 Å². The number of nitro benzene ring substituents is 1. The lowest BCUT2D eigenvalue weighted by atomic mass is 10.1. The number of para-hydroxylation sites is 1. The van der Waals surface area contributed by atoms with Gasteiger partial charge in [-0.2, -0.15) is 0 Å². The third-order valence-corrected chi connectivity index (χ3v) is 3.94. The van der Waals surface area contributed by atoms with Crippen molar-refractivity contribution in [2.75, 3.05) is 26.3 Å². The van der Waals surface area contributed by atoms with Crippen molar-refractivity contribution < 1.29 is 14.1 Å². The first-order valence-corrected chi connectivity index (χ1v) is 7.28. The Morgan fingerprint density at radius 2 is 1.91 bits per heavy atom. The maximum atomic E-state index is 11.1. The Hall–Kier alpha value is -2.25. The van der Waals surface area contributed by atoms with Gasteiger partial charge in [-0.3, -0.25) is 10.1 Å². The molecule has 1 aliphatic rings. The van der Waals surface area contributed by atoms with E-state index in [2.05, 4.69) is 0 Å². The van der Waals surface area contributed by atoms with Crippen LogP contribution in [0.3, 0.4) is 0 Å². The predicted molar refractivity (Wildman–Crippen MR) is 84.9 cm³/mol. The topological polar surface area (TPSA) is 68.8 Å². The Morgan fingerprint density at radius 1 is 1.18 bits per heavy atom. The van der Waals surface area contributed by atoms with Gasteiger partial charge < -0.3 is 14.1 Å². The van der Waals surface area contributed by atoms with Crippen LogP contribution in [0.25, 0.3) is 11.3 Å². The number of hydrogen-bond acceptors (Lipinski definition) is 5.